The van der Waals surface area contributed by atoms with Gasteiger partial charge in [0, 0.05) is 35.5 Å². The number of fused-ring (bicyclic) bond motifs is 1. The molecule has 1 aromatic rings. The summed E-state index contributed by atoms with van der Waals surface area (Å²) in [6, 6.07) is 5.03. The van der Waals surface area contributed by atoms with Gasteiger partial charge in [-0.25, -0.2) is 0 Å². The van der Waals surface area contributed by atoms with Gasteiger partial charge >= 0.3 is 0 Å². The van der Waals surface area contributed by atoms with Crippen LogP contribution in [-0.4, -0.2) is 11.5 Å². The van der Waals surface area contributed by atoms with Crippen molar-refractivity contribution >= 4 is 11.4 Å². The third-order valence-corrected chi connectivity index (χ3v) is 3.52. The van der Waals surface area contributed by atoms with Crippen LogP contribution in [-0.2, 0) is 5.41 Å². The molecule has 0 unspecified atom stereocenters. The lowest BCUT2D eigenvalue weighted by atomic mass is 9.84. The average Bonchev–Trinajstić information content (AvgIpc) is 2.47. The van der Waals surface area contributed by atoms with E-state index in [4.69, 9.17) is 0 Å². The van der Waals surface area contributed by atoms with Crippen LogP contribution in [0, 0.1) is 10.1 Å². The SMILES string of the molecule is C=C1N(CC)c2ccc([N+](=O)[O-])cc2C1(C)C. The first-order valence-corrected chi connectivity index (χ1v) is 5.65. The van der Waals surface area contributed by atoms with Gasteiger partial charge in [-0.3, -0.25) is 10.1 Å². The van der Waals surface area contributed by atoms with Gasteiger partial charge in [-0.05, 0) is 18.6 Å². The van der Waals surface area contributed by atoms with Crippen molar-refractivity contribution in [2.24, 2.45) is 0 Å². The molecular weight excluding hydrogens is 216 g/mol. The summed E-state index contributed by atoms with van der Waals surface area (Å²) in [5, 5.41) is 10.8. The third-order valence-electron chi connectivity index (χ3n) is 3.52. The average molecular weight is 232 g/mol. The number of nitrogens with zero attached hydrogens (tertiary/aromatic N) is 2. The number of nitro groups is 1. The Bertz CT molecular complexity index is 506. The van der Waals surface area contributed by atoms with Crippen LogP contribution in [0.2, 0.25) is 0 Å². The minimum atomic E-state index is -0.353. The third kappa shape index (κ3) is 1.52. The Balaban J connectivity index is 2.63. The quantitative estimate of drug-likeness (QED) is 0.581. The number of rotatable bonds is 2. The highest BCUT2D eigenvalue weighted by Gasteiger charge is 2.39. The normalized spacial score (nSPS) is 17.1. The van der Waals surface area contributed by atoms with E-state index in [1.54, 1.807) is 12.1 Å². The van der Waals surface area contributed by atoms with Gasteiger partial charge in [0.15, 0.2) is 0 Å². The predicted molar refractivity (Wildman–Crippen MR) is 68.3 cm³/mol. The molecule has 0 atom stereocenters. The molecule has 0 aromatic heterocycles. The van der Waals surface area contributed by atoms with Gasteiger partial charge in [-0.2, -0.15) is 0 Å². The zero-order chi connectivity index (χ0) is 12.8. The van der Waals surface area contributed by atoms with Crippen LogP contribution in [0.25, 0.3) is 0 Å². The second kappa shape index (κ2) is 3.58. The van der Waals surface area contributed by atoms with Gasteiger partial charge < -0.3 is 4.90 Å². The highest BCUT2D eigenvalue weighted by Crippen LogP contribution is 2.47. The van der Waals surface area contributed by atoms with Gasteiger partial charge in [0.2, 0.25) is 0 Å². The first-order valence-electron chi connectivity index (χ1n) is 5.65. The van der Waals surface area contributed by atoms with Crippen molar-refractivity contribution in [2.45, 2.75) is 26.2 Å². The number of hydrogen-bond acceptors (Lipinski definition) is 3. The van der Waals surface area contributed by atoms with Crippen LogP contribution in [0.4, 0.5) is 11.4 Å². The maximum atomic E-state index is 10.8. The second-order valence-electron chi connectivity index (χ2n) is 4.77. The lowest BCUT2D eigenvalue weighted by molar-refractivity contribution is -0.384. The van der Waals surface area contributed by atoms with E-state index in [1.807, 2.05) is 19.9 Å². The summed E-state index contributed by atoms with van der Waals surface area (Å²) in [6.45, 7) is 11.1. The molecule has 0 spiro atoms. The Hall–Kier alpha value is -1.84. The molecule has 90 valence electrons. The van der Waals surface area contributed by atoms with Crippen LogP contribution < -0.4 is 4.90 Å². The smallest absolute Gasteiger partial charge is 0.269 e. The topological polar surface area (TPSA) is 46.4 Å². The van der Waals surface area contributed by atoms with E-state index >= 15 is 0 Å². The molecule has 17 heavy (non-hydrogen) atoms. The molecule has 0 N–H and O–H groups in total. The molecule has 1 aliphatic rings. The van der Waals surface area contributed by atoms with Crippen LogP contribution in [0.15, 0.2) is 30.5 Å². The number of anilines is 1. The summed E-state index contributed by atoms with van der Waals surface area (Å²) in [7, 11) is 0. The zero-order valence-corrected chi connectivity index (χ0v) is 10.4. The van der Waals surface area contributed by atoms with Gasteiger partial charge in [-0.15, -0.1) is 0 Å². The fourth-order valence-corrected chi connectivity index (χ4v) is 2.37. The number of allylic oxidation sites excluding steroid dienone is 1. The van der Waals surface area contributed by atoms with Gasteiger partial charge in [0.1, 0.15) is 0 Å². The van der Waals surface area contributed by atoms with E-state index in [-0.39, 0.29) is 16.0 Å². The molecule has 1 aliphatic heterocycles. The number of likely N-dealkylation sites (N-methyl/N-ethyl adjacent to an activating group) is 1. The first kappa shape index (κ1) is 11.6. The fourth-order valence-electron chi connectivity index (χ4n) is 2.37. The van der Waals surface area contributed by atoms with Crippen molar-refractivity contribution in [3.8, 4) is 0 Å². The summed E-state index contributed by atoms with van der Waals surface area (Å²) in [5.74, 6) is 0. The Morgan fingerprint density at radius 3 is 2.65 bits per heavy atom. The number of benzene rings is 1. The van der Waals surface area contributed by atoms with E-state index in [1.165, 1.54) is 0 Å². The summed E-state index contributed by atoms with van der Waals surface area (Å²) >= 11 is 0. The van der Waals surface area contributed by atoms with Crippen molar-refractivity contribution in [3.63, 3.8) is 0 Å². The minimum Gasteiger partial charge on any atom is -0.345 e. The second-order valence-corrected chi connectivity index (χ2v) is 4.77. The summed E-state index contributed by atoms with van der Waals surface area (Å²) < 4.78 is 0. The Kier molecular flexibility index (Phi) is 2.45. The van der Waals surface area contributed by atoms with E-state index in [9.17, 15) is 10.1 Å². The molecule has 4 nitrogen and oxygen atoms in total. The lowest BCUT2D eigenvalue weighted by Crippen LogP contribution is -2.24. The largest absolute Gasteiger partial charge is 0.345 e. The maximum absolute atomic E-state index is 10.8. The van der Waals surface area contributed by atoms with Crippen molar-refractivity contribution in [1.29, 1.82) is 0 Å². The maximum Gasteiger partial charge on any atom is 0.269 e. The molecule has 0 fully saturated rings. The minimum absolute atomic E-state index is 0.141. The Morgan fingerprint density at radius 1 is 1.47 bits per heavy atom. The van der Waals surface area contributed by atoms with E-state index < -0.39 is 0 Å². The Morgan fingerprint density at radius 2 is 2.12 bits per heavy atom. The van der Waals surface area contributed by atoms with E-state index in [0.29, 0.717) is 0 Å². The molecule has 0 aliphatic carbocycles. The molecule has 0 amide bonds. The van der Waals surface area contributed by atoms with Crippen LogP contribution in [0.1, 0.15) is 26.3 Å². The van der Waals surface area contributed by atoms with E-state index in [2.05, 4.69) is 18.4 Å². The monoisotopic (exact) mass is 232 g/mol. The fraction of sp³-hybridized carbons (Fsp3) is 0.385. The number of nitro benzene ring substituents is 1. The molecule has 2 rings (SSSR count). The van der Waals surface area contributed by atoms with Crippen molar-refractivity contribution in [3.05, 3.63) is 46.2 Å². The summed E-state index contributed by atoms with van der Waals surface area (Å²) in [6.07, 6.45) is 0. The molecule has 1 heterocycles. The highest BCUT2D eigenvalue weighted by atomic mass is 16.6. The lowest BCUT2D eigenvalue weighted by Gasteiger charge is -2.24. The van der Waals surface area contributed by atoms with Crippen molar-refractivity contribution in [2.75, 3.05) is 11.4 Å². The highest BCUT2D eigenvalue weighted by molar-refractivity contribution is 5.71. The predicted octanol–water partition coefficient (Wildman–Crippen LogP) is 3.23. The van der Waals surface area contributed by atoms with Gasteiger partial charge in [0.25, 0.3) is 5.69 Å². The van der Waals surface area contributed by atoms with Crippen molar-refractivity contribution in [1.82, 2.24) is 0 Å². The number of hydrogen-bond donors (Lipinski definition) is 0. The summed E-state index contributed by atoms with van der Waals surface area (Å²) in [4.78, 5) is 12.6. The molecule has 0 radical (unpaired) electrons. The number of non-ortho nitro benzene ring substituents is 1. The molecule has 0 bridgehead atoms. The molecular formula is C13H16N2O2. The molecule has 4 heteroatoms. The van der Waals surface area contributed by atoms with Crippen LogP contribution >= 0.6 is 0 Å². The molecule has 0 saturated carbocycles. The Labute approximate surface area is 101 Å². The molecule has 0 saturated heterocycles. The van der Waals surface area contributed by atoms with Crippen molar-refractivity contribution < 1.29 is 4.92 Å². The van der Waals surface area contributed by atoms with Gasteiger partial charge in [0.05, 0.1) is 4.92 Å². The van der Waals surface area contributed by atoms with E-state index in [0.717, 1.165) is 23.5 Å². The van der Waals surface area contributed by atoms with Gasteiger partial charge in [-0.1, -0.05) is 20.4 Å². The van der Waals surface area contributed by atoms with Crippen LogP contribution in [0.3, 0.4) is 0 Å². The molecule has 1 aromatic carbocycles. The standard InChI is InChI=1S/C13H16N2O2/c1-5-14-9(2)13(3,4)11-8-10(15(16)17)6-7-12(11)14/h6-8H,2,5H2,1,3-4H3. The zero-order valence-electron chi connectivity index (χ0n) is 10.4. The first-order chi connectivity index (χ1) is 7.89. The summed E-state index contributed by atoms with van der Waals surface area (Å²) in [5.41, 5.74) is 2.92. The van der Waals surface area contributed by atoms with Crippen LogP contribution in [0.5, 0.6) is 0 Å².